The third-order valence-corrected chi connectivity index (χ3v) is 4.10. The van der Waals surface area contributed by atoms with E-state index < -0.39 is 0 Å². The Balaban J connectivity index is 1.54. The number of halogens is 1. The van der Waals surface area contributed by atoms with Crippen molar-refractivity contribution >= 4 is 28.9 Å². The Kier molecular flexibility index (Phi) is 4.56. The van der Waals surface area contributed by atoms with Gasteiger partial charge in [-0.05, 0) is 29.1 Å². The SMILES string of the molecule is O=C(Cc1ccc(Cl)cc1)OCc1cc(-c2cccs2)on1. The molecule has 0 atom stereocenters. The minimum atomic E-state index is -0.317. The largest absolute Gasteiger partial charge is 0.459 e. The summed E-state index contributed by atoms with van der Waals surface area (Å²) in [6.45, 7) is 0.0985. The average Bonchev–Trinajstić information content (AvgIpc) is 3.18. The van der Waals surface area contributed by atoms with Gasteiger partial charge < -0.3 is 9.26 Å². The van der Waals surface area contributed by atoms with Crippen LogP contribution < -0.4 is 0 Å². The molecular weight excluding hydrogens is 322 g/mol. The monoisotopic (exact) mass is 333 g/mol. The lowest BCUT2D eigenvalue weighted by molar-refractivity contribution is -0.144. The van der Waals surface area contributed by atoms with Crippen molar-refractivity contribution in [3.63, 3.8) is 0 Å². The lowest BCUT2D eigenvalue weighted by atomic mass is 10.1. The number of benzene rings is 1. The third-order valence-electron chi connectivity index (χ3n) is 2.97. The highest BCUT2D eigenvalue weighted by Crippen LogP contribution is 2.25. The molecule has 2 heterocycles. The minimum Gasteiger partial charge on any atom is -0.459 e. The molecule has 0 fully saturated rings. The summed E-state index contributed by atoms with van der Waals surface area (Å²) in [5.74, 6) is 0.363. The van der Waals surface area contributed by atoms with Crippen LogP contribution in [-0.2, 0) is 22.6 Å². The van der Waals surface area contributed by atoms with E-state index in [0.29, 0.717) is 16.5 Å². The zero-order valence-corrected chi connectivity index (χ0v) is 13.1. The number of ether oxygens (including phenoxy) is 1. The Labute approximate surface area is 136 Å². The van der Waals surface area contributed by atoms with Crippen LogP contribution in [0.2, 0.25) is 5.02 Å². The smallest absolute Gasteiger partial charge is 0.310 e. The summed E-state index contributed by atoms with van der Waals surface area (Å²) in [5, 5.41) is 6.50. The highest BCUT2D eigenvalue weighted by atomic mass is 35.5. The normalized spacial score (nSPS) is 10.6. The van der Waals surface area contributed by atoms with E-state index in [1.807, 2.05) is 17.5 Å². The van der Waals surface area contributed by atoms with Gasteiger partial charge in [-0.3, -0.25) is 4.79 Å². The number of nitrogens with zero attached hydrogens (tertiary/aromatic N) is 1. The lowest BCUT2D eigenvalue weighted by Gasteiger charge is -2.02. The summed E-state index contributed by atoms with van der Waals surface area (Å²) in [6, 6.07) is 12.8. The topological polar surface area (TPSA) is 52.3 Å². The van der Waals surface area contributed by atoms with E-state index in [2.05, 4.69) is 5.16 Å². The first-order chi connectivity index (χ1) is 10.7. The van der Waals surface area contributed by atoms with Crippen LogP contribution in [0.1, 0.15) is 11.3 Å². The van der Waals surface area contributed by atoms with Crippen LogP contribution in [0.3, 0.4) is 0 Å². The van der Waals surface area contributed by atoms with Crippen LogP contribution in [0.15, 0.2) is 52.4 Å². The van der Waals surface area contributed by atoms with Crippen molar-refractivity contribution in [3.8, 4) is 10.6 Å². The fourth-order valence-electron chi connectivity index (χ4n) is 1.89. The number of carbonyl (C=O) groups is 1. The molecule has 0 unspecified atom stereocenters. The van der Waals surface area contributed by atoms with Crippen molar-refractivity contribution < 1.29 is 14.1 Å². The van der Waals surface area contributed by atoms with E-state index in [4.69, 9.17) is 20.9 Å². The van der Waals surface area contributed by atoms with Crippen LogP contribution in [0.4, 0.5) is 0 Å². The van der Waals surface area contributed by atoms with Gasteiger partial charge in [-0.25, -0.2) is 0 Å². The van der Waals surface area contributed by atoms with Crippen LogP contribution in [0.25, 0.3) is 10.6 Å². The molecule has 0 aliphatic rings. The highest BCUT2D eigenvalue weighted by molar-refractivity contribution is 7.13. The minimum absolute atomic E-state index is 0.0985. The predicted octanol–water partition coefficient (Wildman–Crippen LogP) is 4.34. The van der Waals surface area contributed by atoms with Crippen LogP contribution in [0.5, 0.6) is 0 Å². The van der Waals surface area contributed by atoms with Gasteiger partial charge >= 0.3 is 5.97 Å². The van der Waals surface area contributed by atoms with E-state index in [1.54, 1.807) is 41.7 Å². The standard InChI is InChI=1S/C16H12ClNO3S/c17-12-5-3-11(4-6-12)8-16(19)20-10-13-9-14(21-18-13)15-2-1-7-22-15/h1-7,9H,8,10H2. The van der Waals surface area contributed by atoms with Gasteiger partial charge in [-0.15, -0.1) is 11.3 Å². The molecular formula is C16H12ClNO3S. The predicted molar refractivity (Wildman–Crippen MR) is 84.8 cm³/mol. The fourth-order valence-corrected chi connectivity index (χ4v) is 2.69. The zero-order valence-electron chi connectivity index (χ0n) is 11.5. The Morgan fingerprint density at radius 2 is 2.09 bits per heavy atom. The van der Waals surface area contributed by atoms with Gasteiger partial charge in [0.05, 0.1) is 11.3 Å². The molecule has 4 nitrogen and oxygen atoms in total. The van der Waals surface area contributed by atoms with Gasteiger partial charge in [0.1, 0.15) is 12.3 Å². The molecule has 1 aromatic carbocycles. The van der Waals surface area contributed by atoms with Gasteiger partial charge in [-0.1, -0.05) is 35.0 Å². The summed E-state index contributed by atoms with van der Waals surface area (Å²) < 4.78 is 10.4. The molecule has 0 N–H and O–H groups in total. The van der Waals surface area contributed by atoms with Gasteiger partial charge in [-0.2, -0.15) is 0 Å². The molecule has 0 aliphatic heterocycles. The average molecular weight is 334 g/mol. The van der Waals surface area contributed by atoms with Crippen molar-refractivity contribution in [2.75, 3.05) is 0 Å². The van der Waals surface area contributed by atoms with Gasteiger partial charge in [0.25, 0.3) is 0 Å². The maximum absolute atomic E-state index is 11.8. The molecule has 3 aromatic rings. The summed E-state index contributed by atoms with van der Waals surface area (Å²) in [6.07, 6.45) is 0.201. The van der Waals surface area contributed by atoms with Gasteiger partial charge in [0.2, 0.25) is 0 Å². The number of carbonyl (C=O) groups excluding carboxylic acids is 1. The second-order valence-electron chi connectivity index (χ2n) is 4.62. The second-order valence-corrected chi connectivity index (χ2v) is 6.01. The third kappa shape index (κ3) is 3.75. The molecule has 0 aliphatic carbocycles. The molecule has 0 saturated carbocycles. The van der Waals surface area contributed by atoms with Gasteiger partial charge in [0.15, 0.2) is 5.76 Å². The van der Waals surface area contributed by atoms with Crippen molar-refractivity contribution in [1.29, 1.82) is 0 Å². The molecule has 0 bridgehead atoms. The summed E-state index contributed by atoms with van der Waals surface area (Å²) in [7, 11) is 0. The Bertz CT molecular complexity index is 750. The number of rotatable bonds is 5. The molecule has 2 aromatic heterocycles. The Morgan fingerprint density at radius 1 is 1.27 bits per heavy atom. The number of hydrogen-bond acceptors (Lipinski definition) is 5. The number of aromatic nitrogens is 1. The van der Waals surface area contributed by atoms with E-state index in [-0.39, 0.29) is 19.0 Å². The molecule has 0 spiro atoms. The summed E-state index contributed by atoms with van der Waals surface area (Å²) in [5.41, 5.74) is 1.45. The van der Waals surface area contributed by atoms with Crippen molar-refractivity contribution in [3.05, 3.63) is 64.1 Å². The summed E-state index contributed by atoms with van der Waals surface area (Å²) in [4.78, 5) is 12.8. The Morgan fingerprint density at radius 3 is 2.82 bits per heavy atom. The molecule has 0 radical (unpaired) electrons. The van der Waals surface area contributed by atoms with Crippen molar-refractivity contribution in [1.82, 2.24) is 5.16 Å². The van der Waals surface area contributed by atoms with Crippen LogP contribution in [0, 0.1) is 0 Å². The molecule has 6 heteroatoms. The number of hydrogen-bond donors (Lipinski definition) is 0. The fraction of sp³-hybridized carbons (Fsp3) is 0.125. The quantitative estimate of drug-likeness (QED) is 0.652. The Hall–Kier alpha value is -2.11. The van der Waals surface area contributed by atoms with Gasteiger partial charge in [0, 0.05) is 11.1 Å². The molecule has 0 saturated heterocycles. The first-order valence-corrected chi connectivity index (χ1v) is 7.86. The van der Waals surface area contributed by atoms with Crippen LogP contribution >= 0.6 is 22.9 Å². The maximum atomic E-state index is 11.8. The summed E-state index contributed by atoms with van der Waals surface area (Å²) >= 11 is 7.36. The molecule has 112 valence electrons. The first kappa shape index (κ1) is 14.8. The maximum Gasteiger partial charge on any atom is 0.310 e. The molecule has 0 amide bonds. The van der Waals surface area contributed by atoms with Crippen LogP contribution in [-0.4, -0.2) is 11.1 Å². The van der Waals surface area contributed by atoms with Crippen molar-refractivity contribution in [2.45, 2.75) is 13.0 Å². The first-order valence-electron chi connectivity index (χ1n) is 6.60. The van der Waals surface area contributed by atoms with E-state index in [0.717, 1.165) is 10.4 Å². The van der Waals surface area contributed by atoms with E-state index in [9.17, 15) is 4.79 Å². The van der Waals surface area contributed by atoms with Crippen molar-refractivity contribution in [2.24, 2.45) is 0 Å². The van der Waals surface area contributed by atoms with E-state index in [1.165, 1.54) is 0 Å². The zero-order chi connectivity index (χ0) is 15.4. The van der Waals surface area contributed by atoms with E-state index >= 15 is 0 Å². The number of esters is 1. The highest BCUT2D eigenvalue weighted by Gasteiger charge is 2.10. The molecule has 22 heavy (non-hydrogen) atoms. The lowest BCUT2D eigenvalue weighted by Crippen LogP contribution is -2.08. The number of thiophene rings is 1. The second kappa shape index (κ2) is 6.77. The molecule has 3 rings (SSSR count).